The molecule has 1 N–H and O–H groups in total. The highest BCUT2D eigenvalue weighted by Crippen LogP contribution is 2.29. The summed E-state index contributed by atoms with van der Waals surface area (Å²) in [6.45, 7) is 4.04. The second-order valence-electron chi connectivity index (χ2n) is 5.78. The lowest BCUT2D eigenvalue weighted by Crippen LogP contribution is -2.44. The maximum Gasteiger partial charge on any atom is 0.328 e. The van der Waals surface area contributed by atoms with Crippen molar-refractivity contribution in [1.82, 2.24) is 5.32 Å². The number of hydrogen-bond acceptors (Lipinski definition) is 4. The van der Waals surface area contributed by atoms with Crippen LogP contribution in [0.2, 0.25) is 5.02 Å². The average Bonchev–Trinajstić information content (AvgIpc) is 2.56. The summed E-state index contributed by atoms with van der Waals surface area (Å²) in [6.07, 6.45) is 4.95. The number of carbonyl (C=O) groups is 2. The molecule has 1 aromatic carbocycles. The van der Waals surface area contributed by atoms with E-state index in [1.807, 2.05) is 26.0 Å². The van der Waals surface area contributed by atoms with Gasteiger partial charge in [0.1, 0.15) is 18.4 Å². The van der Waals surface area contributed by atoms with Gasteiger partial charge in [-0.05, 0) is 35.8 Å². The zero-order chi connectivity index (χ0) is 17.7. The number of benzene rings is 1. The van der Waals surface area contributed by atoms with E-state index in [9.17, 15) is 9.59 Å². The maximum atomic E-state index is 12.0. The highest BCUT2D eigenvalue weighted by atomic mass is 35.5. The Morgan fingerprint density at radius 2 is 2.12 bits per heavy atom. The summed E-state index contributed by atoms with van der Waals surface area (Å²) in [5.74, 6) is -0.139. The molecule has 0 saturated carbocycles. The Bertz CT molecular complexity index is 694. The van der Waals surface area contributed by atoms with Crippen LogP contribution in [0.25, 0.3) is 6.08 Å². The summed E-state index contributed by atoms with van der Waals surface area (Å²) < 4.78 is 10.3. The number of ether oxygens (including phenoxy) is 2. The first-order valence-corrected chi connectivity index (χ1v) is 7.98. The molecule has 128 valence electrons. The van der Waals surface area contributed by atoms with Crippen molar-refractivity contribution in [3.8, 4) is 5.75 Å². The molecule has 0 fully saturated rings. The molecule has 1 aromatic rings. The quantitative estimate of drug-likeness (QED) is 0.655. The highest BCUT2D eigenvalue weighted by Gasteiger charge is 2.24. The van der Waals surface area contributed by atoms with E-state index >= 15 is 0 Å². The minimum Gasteiger partial charge on any atom is -0.488 e. The molecule has 6 heteroatoms. The first-order chi connectivity index (χ1) is 11.4. The fourth-order valence-corrected chi connectivity index (χ4v) is 2.45. The van der Waals surface area contributed by atoms with Crippen molar-refractivity contribution >= 4 is 29.6 Å². The Balaban J connectivity index is 2.05. The van der Waals surface area contributed by atoms with Crippen molar-refractivity contribution in [2.45, 2.75) is 19.9 Å². The van der Waals surface area contributed by atoms with Crippen LogP contribution in [0, 0.1) is 5.92 Å². The van der Waals surface area contributed by atoms with Gasteiger partial charge in [-0.15, -0.1) is 0 Å². The lowest BCUT2D eigenvalue weighted by Gasteiger charge is -2.19. The second kappa shape index (κ2) is 8.02. The zero-order valence-electron chi connectivity index (χ0n) is 13.8. The second-order valence-corrected chi connectivity index (χ2v) is 6.21. The van der Waals surface area contributed by atoms with Gasteiger partial charge in [-0.1, -0.05) is 31.5 Å². The molecule has 1 heterocycles. The fourth-order valence-electron chi connectivity index (χ4n) is 2.27. The molecule has 1 aliphatic heterocycles. The van der Waals surface area contributed by atoms with Crippen LogP contribution in [0.3, 0.4) is 0 Å². The molecule has 1 aliphatic rings. The average molecular weight is 350 g/mol. The number of methoxy groups -OCH3 is 1. The zero-order valence-corrected chi connectivity index (χ0v) is 14.6. The predicted molar refractivity (Wildman–Crippen MR) is 92.8 cm³/mol. The Morgan fingerprint density at radius 1 is 1.38 bits per heavy atom. The minimum absolute atomic E-state index is 0.0685. The van der Waals surface area contributed by atoms with Crippen molar-refractivity contribution in [3.05, 3.63) is 46.5 Å². The van der Waals surface area contributed by atoms with Crippen LogP contribution in [0.1, 0.15) is 19.4 Å². The van der Waals surface area contributed by atoms with Gasteiger partial charge in [0.2, 0.25) is 5.91 Å². The van der Waals surface area contributed by atoms with Gasteiger partial charge >= 0.3 is 5.97 Å². The van der Waals surface area contributed by atoms with Gasteiger partial charge in [-0.25, -0.2) is 4.79 Å². The Morgan fingerprint density at radius 3 is 2.79 bits per heavy atom. The number of carbonyl (C=O) groups excluding carboxylic acids is 2. The molecule has 24 heavy (non-hydrogen) atoms. The SMILES string of the molecule is COC(=O)[C@@H](NC(=O)/C=C/C1=Cc2cc(Cl)ccc2OC1)C(C)C. The van der Waals surface area contributed by atoms with Gasteiger partial charge in [-0.2, -0.15) is 0 Å². The minimum atomic E-state index is -0.678. The van der Waals surface area contributed by atoms with Gasteiger partial charge < -0.3 is 14.8 Å². The number of amides is 1. The summed E-state index contributed by atoms with van der Waals surface area (Å²) in [4.78, 5) is 23.7. The third kappa shape index (κ3) is 4.61. The molecule has 0 aliphatic carbocycles. The standard InChI is InChI=1S/C18H20ClNO4/c1-11(2)17(18(22)23-3)20-16(21)7-4-12-8-13-9-14(19)5-6-15(13)24-10-12/h4-9,11,17H,10H2,1-3H3,(H,20,21)/b7-4+/t17-/m0/s1. The van der Waals surface area contributed by atoms with E-state index in [4.69, 9.17) is 21.1 Å². The number of halogens is 1. The molecular formula is C18H20ClNO4. The third-order valence-corrected chi connectivity index (χ3v) is 3.81. The summed E-state index contributed by atoms with van der Waals surface area (Å²) >= 11 is 5.97. The lowest BCUT2D eigenvalue weighted by molar-refractivity contribution is -0.145. The fraction of sp³-hybridized carbons (Fsp3) is 0.333. The predicted octanol–water partition coefficient (Wildman–Crippen LogP) is 2.99. The molecule has 0 aromatic heterocycles. The van der Waals surface area contributed by atoms with Crippen LogP contribution in [-0.2, 0) is 14.3 Å². The van der Waals surface area contributed by atoms with E-state index in [-0.39, 0.29) is 11.8 Å². The highest BCUT2D eigenvalue weighted by molar-refractivity contribution is 6.30. The summed E-state index contributed by atoms with van der Waals surface area (Å²) in [5, 5.41) is 3.27. The Kier molecular flexibility index (Phi) is 6.04. The summed E-state index contributed by atoms with van der Waals surface area (Å²) in [5.41, 5.74) is 1.70. The smallest absolute Gasteiger partial charge is 0.328 e. The van der Waals surface area contributed by atoms with E-state index in [1.54, 1.807) is 18.2 Å². The van der Waals surface area contributed by atoms with Gasteiger partial charge in [0.25, 0.3) is 0 Å². The first kappa shape index (κ1) is 18.1. The van der Waals surface area contributed by atoms with Gasteiger partial charge in [0, 0.05) is 16.7 Å². The normalized spacial score (nSPS) is 14.6. The Labute approximate surface area is 146 Å². The van der Waals surface area contributed by atoms with Gasteiger partial charge in [0.05, 0.1) is 7.11 Å². The molecule has 0 radical (unpaired) electrons. The molecule has 0 bridgehead atoms. The van der Waals surface area contributed by atoms with Crippen molar-refractivity contribution in [1.29, 1.82) is 0 Å². The maximum absolute atomic E-state index is 12.0. The van der Waals surface area contributed by atoms with Crippen LogP contribution in [-0.4, -0.2) is 31.6 Å². The van der Waals surface area contributed by atoms with E-state index in [2.05, 4.69) is 5.32 Å². The molecule has 2 rings (SSSR count). The number of hydrogen-bond donors (Lipinski definition) is 1. The molecule has 0 saturated heterocycles. The molecule has 1 atom stereocenters. The van der Waals surface area contributed by atoms with Crippen LogP contribution in [0.4, 0.5) is 0 Å². The van der Waals surface area contributed by atoms with Crippen LogP contribution < -0.4 is 10.1 Å². The van der Waals surface area contributed by atoms with Gasteiger partial charge in [0.15, 0.2) is 0 Å². The third-order valence-electron chi connectivity index (χ3n) is 3.58. The topological polar surface area (TPSA) is 64.6 Å². The van der Waals surface area contributed by atoms with E-state index < -0.39 is 12.0 Å². The van der Waals surface area contributed by atoms with Crippen molar-refractivity contribution in [2.75, 3.05) is 13.7 Å². The monoisotopic (exact) mass is 349 g/mol. The van der Waals surface area contributed by atoms with Crippen LogP contribution in [0.5, 0.6) is 5.75 Å². The molecular weight excluding hydrogens is 330 g/mol. The largest absolute Gasteiger partial charge is 0.488 e. The number of nitrogens with one attached hydrogen (secondary N) is 1. The molecule has 5 nitrogen and oxygen atoms in total. The van der Waals surface area contributed by atoms with E-state index in [0.717, 1.165) is 16.9 Å². The Hall–Kier alpha value is -2.27. The number of esters is 1. The van der Waals surface area contributed by atoms with Crippen molar-refractivity contribution in [2.24, 2.45) is 5.92 Å². The summed E-state index contributed by atoms with van der Waals surface area (Å²) in [6, 6.07) is 4.70. The number of fused-ring (bicyclic) bond motifs is 1. The summed E-state index contributed by atoms with van der Waals surface area (Å²) in [7, 11) is 1.30. The van der Waals surface area contributed by atoms with Gasteiger partial charge in [-0.3, -0.25) is 4.79 Å². The van der Waals surface area contributed by atoms with Crippen molar-refractivity contribution < 1.29 is 19.1 Å². The van der Waals surface area contributed by atoms with E-state index in [0.29, 0.717) is 11.6 Å². The number of rotatable bonds is 5. The molecule has 0 unspecified atom stereocenters. The van der Waals surface area contributed by atoms with Crippen molar-refractivity contribution in [3.63, 3.8) is 0 Å². The molecule has 1 amide bonds. The van der Waals surface area contributed by atoms with Crippen LogP contribution >= 0.6 is 11.6 Å². The van der Waals surface area contributed by atoms with E-state index in [1.165, 1.54) is 13.2 Å². The van der Waals surface area contributed by atoms with Crippen LogP contribution in [0.15, 0.2) is 35.9 Å². The molecule has 0 spiro atoms. The first-order valence-electron chi connectivity index (χ1n) is 7.60. The lowest BCUT2D eigenvalue weighted by atomic mass is 10.0.